The van der Waals surface area contributed by atoms with Gasteiger partial charge in [-0.05, 0) is 55.5 Å². The summed E-state index contributed by atoms with van der Waals surface area (Å²) < 4.78 is 37.5. The van der Waals surface area contributed by atoms with E-state index in [-0.39, 0.29) is 29.2 Å². The van der Waals surface area contributed by atoms with Gasteiger partial charge in [0.2, 0.25) is 15.9 Å². The molecular weight excluding hydrogens is 446 g/mol. The zero-order valence-corrected chi connectivity index (χ0v) is 19.2. The molecule has 10 heteroatoms. The summed E-state index contributed by atoms with van der Waals surface area (Å²) in [6.07, 6.45) is 0.197. The topological polar surface area (TPSA) is 105 Å². The zero-order chi connectivity index (χ0) is 23.4. The lowest BCUT2D eigenvalue weighted by atomic mass is 10.2. The third kappa shape index (κ3) is 5.18. The van der Waals surface area contributed by atoms with Gasteiger partial charge in [-0.3, -0.25) is 9.59 Å². The molecule has 9 nitrogen and oxygen atoms in total. The fraction of sp³-hybridized carbons (Fsp3) is 0.391. The normalized spacial score (nSPS) is 19.5. The number of carbonyl (C=O) groups excluding carboxylic acids is 2. The molecule has 2 fully saturated rings. The first-order valence-corrected chi connectivity index (χ1v) is 12.3. The van der Waals surface area contributed by atoms with Gasteiger partial charge in [-0.1, -0.05) is 0 Å². The Morgan fingerprint density at radius 1 is 1.09 bits per heavy atom. The quantitative estimate of drug-likeness (QED) is 0.656. The van der Waals surface area contributed by atoms with Crippen molar-refractivity contribution in [2.75, 3.05) is 44.4 Å². The van der Waals surface area contributed by atoms with Crippen molar-refractivity contribution in [3.8, 4) is 5.75 Å². The van der Waals surface area contributed by atoms with Gasteiger partial charge in [0.05, 0.1) is 30.8 Å². The number of nitrogens with zero attached hydrogens (tertiary/aromatic N) is 2. The number of benzene rings is 2. The van der Waals surface area contributed by atoms with E-state index in [1.807, 2.05) is 31.2 Å². The van der Waals surface area contributed by atoms with Crippen molar-refractivity contribution >= 4 is 27.5 Å². The van der Waals surface area contributed by atoms with Crippen molar-refractivity contribution in [3.63, 3.8) is 0 Å². The van der Waals surface area contributed by atoms with E-state index < -0.39 is 10.0 Å². The Morgan fingerprint density at radius 3 is 2.39 bits per heavy atom. The van der Waals surface area contributed by atoms with Crippen molar-refractivity contribution in [1.82, 2.24) is 9.62 Å². The molecule has 1 atom stereocenters. The maximum Gasteiger partial charge on any atom is 0.251 e. The maximum atomic E-state index is 12.7. The first-order chi connectivity index (χ1) is 15.9. The molecule has 4 rings (SSSR count). The lowest BCUT2D eigenvalue weighted by molar-refractivity contribution is -0.117. The van der Waals surface area contributed by atoms with Crippen LogP contribution in [0.3, 0.4) is 0 Å². The molecule has 0 spiro atoms. The minimum atomic E-state index is -3.62. The van der Waals surface area contributed by atoms with E-state index in [4.69, 9.17) is 9.47 Å². The van der Waals surface area contributed by atoms with Gasteiger partial charge in [-0.15, -0.1) is 0 Å². The fourth-order valence-corrected chi connectivity index (χ4v) is 5.33. The van der Waals surface area contributed by atoms with Gasteiger partial charge in [0.25, 0.3) is 5.91 Å². The average molecular weight is 474 g/mol. The van der Waals surface area contributed by atoms with Crippen LogP contribution in [0.15, 0.2) is 53.4 Å². The molecule has 1 N–H and O–H groups in total. The Balaban J connectivity index is 1.37. The predicted octanol–water partition coefficient (Wildman–Crippen LogP) is 1.64. The van der Waals surface area contributed by atoms with E-state index in [9.17, 15) is 18.0 Å². The Kier molecular flexibility index (Phi) is 6.96. The number of rotatable bonds is 7. The van der Waals surface area contributed by atoms with E-state index in [2.05, 4.69) is 5.32 Å². The lowest BCUT2D eigenvalue weighted by Gasteiger charge is -2.26. The first kappa shape index (κ1) is 23.2. The van der Waals surface area contributed by atoms with E-state index in [0.29, 0.717) is 45.0 Å². The van der Waals surface area contributed by atoms with Gasteiger partial charge in [0.15, 0.2) is 0 Å². The van der Waals surface area contributed by atoms with Gasteiger partial charge in [0, 0.05) is 37.3 Å². The summed E-state index contributed by atoms with van der Waals surface area (Å²) in [5, 5.41) is 2.88. The number of nitrogens with one attached hydrogen (secondary N) is 1. The summed E-state index contributed by atoms with van der Waals surface area (Å²) >= 11 is 0. The Labute approximate surface area is 193 Å². The van der Waals surface area contributed by atoms with Crippen molar-refractivity contribution in [1.29, 1.82) is 0 Å². The van der Waals surface area contributed by atoms with Crippen molar-refractivity contribution in [3.05, 3.63) is 54.1 Å². The highest BCUT2D eigenvalue weighted by Crippen LogP contribution is 2.25. The summed E-state index contributed by atoms with van der Waals surface area (Å²) in [6.45, 7) is 4.19. The van der Waals surface area contributed by atoms with Gasteiger partial charge < -0.3 is 19.7 Å². The molecule has 0 saturated carbocycles. The molecule has 2 aliphatic heterocycles. The van der Waals surface area contributed by atoms with Gasteiger partial charge >= 0.3 is 0 Å². The average Bonchev–Trinajstić information content (AvgIpc) is 3.20. The van der Waals surface area contributed by atoms with Crippen LogP contribution in [-0.2, 0) is 19.6 Å². The van der Waals surface area contributed by atoms with Crippen LogP contribution in [-0.4, -0.2) is 70.0 Å². The Hall–Kier alpha value is -2.95. The molecular formula is C23H27N3O6S. The Bertz CT molecular complexity index is 1100. The largest absolute Gasteiger partial charge is 0.494 e. The summed E-state index contributed by atoms with van der Waals surface area (Å²) in [5.74, 6) is 0.310. The number of carbonyl (C=O) groups is 2. The van der Waals surface area contributed by atoms with E-state index in [1.165, 1.54) is 28.6 Å². The summed E-state index contributed by atoms with van der Waals surface area (Å²) in [6, 6.07) is 12.8. The molecule has 0 aromatic heterocycles. The van der Waals surface area contributed by atoms with Crippen LogP contribution in [0.25, 0.3) is 0 Å². The highest BCUT2D eigenvalue weighted by Gasteiger charge is 2.32. The van der Waals surface area contributed by atoms with E-state index in [0.717, 1.165) is 11.4 Å². The van der Waals surface area contributed by atoms with E-state index in [1.54, 1.807) is 4.90 Å². The lowest BCUT2D eigenvalue weighted by Crippen LogP contribution is -2.40. The monoisotopic (exact) mass is 473 g/mol. The minimum absolute atomic E-state index is 0.0728. The van der Waals surface area contributed by atoms with Gasteiger partial charge in [-0.2, -0.15) is 4.31 Å². The smallest absolute Gasteiger partial charge is 0.251 e. The van der Waals surface area contributed by atoms with Gasteiger partial charge in [-0.25, -0.2) is 8.42 Å². The summed E-state index contributed by atoms with van der Waals surface area (Å²) in [4.78, 5) is 27.0. The molecule has 2 aliphatic rings. The van der Waals surface area contributed by atoms with Crippen LogP contribution >= 0.6 is 0 Å². The highest BCUT2D eigenvalue weighted by molar-refractivity contribution is 7.89. The van der Waals surface area contributed by atoms with Crippen molar-refractivity contribution in [2.45, 2.75) is 24.3 Å². The highest BCUT2D eigenvalue weighted by atomic mass is 32.2. The third-order valence-electron chi connectivity index (χ3n) is 5.64. The number of hydrogen-bond acceptors (Lipinski definition) is 6. The molecule has 0 radical (unpaired) electrons. The molecule has 2 aromatic rings. The van der Waals surface area contributed by atoms with E-state index >= 15 is 0 Å². The maximum absolute atomic E-state index is 12.7. The van der Waals surface area contributed by atoms with Crippen molar-refractivity contribution in [2.24, 2.45) is 0 Å². The van der Waals surface area contributed by atoms with Gasteiger partial charge in [0.1, 0.15) is 5.75 Å². The number of anilines is 1. The molecule has 0 aliphatic carbocycles. The number of ether oxygens (including phenoxy) is 2. The Morgan fingerprint density at radius 2 is 1.76 bits per heavy atom. The molecule has 2 aromatic carbocycles. The summed E-state index contributed by atoms with van der Waals surface area (Å²) in [7, 11) is -3.62. The third-order valence-corrected chi connectivity index (χ3v) is 7.56. The van der Waals surface area contributed by atoms with Crippen LogP contribution < -0.4 is 15.0 Å². The zero-order valence-electron chi connectivity index (χ0n) is 18.4. The second-order valence-electron chi connectivity index (χ2n) is 7.85. The van der Waals surface area contributed by atoms with Crippen LogP contribution in [0.1, 0.15) is 23.7 Å². The molecule has 2 saturated heterocycles. The molecule has 176 valence electrons. The minimum Gasteiger partial charge on any atom is -0.494 e. The summed E-state index contributed by atoms with van der Waals surface area (Å²) in [5.41, 5.74) is 1.08. The van der Waals surface area contributed by atoms with Crippen LogP contribution in [0, 0.1) is 0 Å². The molecule has 0 unspecified atom stereocenters. The fourth-order valence-electron chi connectivity index (χ4n) is 3.93. The predicted molar refractivity (Wildman–Crippen MR) is 122 cm³/mol. The van der Waals surface area contributed by atoms with Crippen LogP contribution in [0.2, 0.25) is 0 Å². The first-order valence-electron chi connectivity index (χ1n) is 10.9. The second-order valence-corrected chi connectivity index (χ2v) is 9.78. The molecule has 2 heterocycles. The molecule has 2 amide bonds. The standard InChI is InChI=1S/C23H27N3O6S/c1-2-32-20-7-5-19(6-8-20)26-16-18(15-22(26)27)24-23(28)17-3-9-21(10-4-17)33(29,30)25-11-13-31-14-12-25/h3-10,18H,2,11-16H2,1H3,(H,24,28)/t18-/m1/s1. The number of morpholine rings is 1. The van der Waals surface area contributed by atoms with Crippen LogP contribution in [0.4, 0.5) is 5.69 Å². The SMILES string of the molecule is CCOc1ccc(N2C[C@H](NC(=O)c3ccc(S(=O)(=O)N4CCOCC4)cc3)CC2=O)cc1. The number of hydrogen-bond donors (Lipinski definition) is 1. The van der Waals surface area contributed by atoms with Crippen LogP contribution in [0.5, 0.6) is 5.75 Å². The van der Waals surface area contributed by atoms with Crippen molar-refractivity contribution < 1.29 is 27.5 Å². The second kappa shape index (κ2) is 9.90. The number of sulfonamides is 1. The number of amides is 2. The molecule has 0 bridgehead atoms. The molecule has 33 heavy (non-hydrogen) atoms.